The first kappa shape index (κ1) is 15.7. The zero-order valence-corrected chi connectivity index (χ0v) is 14.1. The average molecular weight is 331 g/mol. The van der Waals surface area contributed by atoms with Crippen molar-refractivity contribution < 1.29 is 0 Å². The van der Waals surface area contributed by atoms with Gasteiger partial charge in [0, 0.05) is 11.6 Å². The highest BCUT2D eigenvalue weighted by atomic mass is 35.5. The summed E-state index contributed by atoms with van der Waals surface area (Å²) in [7, 11) is 4.11. The summed E-state index contributed by atoms with van der Waals surface area (Å²) in [5.74, 6) is 1.56. The molecule has 1 atom stereocenters. The molecular weight excluding hydrogens is 312 g/mol. The molecule has 3 rings (SSSR count). The van der Waals surface area contributed by atoms with E-state index in [1.54, 1.807) is 4.52 Å². The van der Waals surface area contributed by atoms with Crippen molar-refractivity contribution in [3.63, 3.8) is 0 Å². The summed E-state index contributed by atoms with van der Waals surface area (Å²) < 4.78 is 1.73. The molecular formula is C16H19ClN6. The molecule has 6 nitrogen and oxygen atoms in total. The smallest absolute Gasteiger partial charge is 0.178 e. The van der Waals surface area contributed by atoms with E-state index in [9.17, 15) is 0 Å². The molecule has 1 aromatic carbocycles. The maximum Gasteiger partial charge on any atom is 0.178 e. The lowest BCUT2D eigenvalue weighted by atomic mass is 10.1. The van der Waals surface area contributed by atoms with Crippen molar-refractivity contribution >= 4 is 23.1 Å². The number of benzene rings is 1. The van der Waals surface area contributed by atoms with E-state index in [0.29, 0.717) is 0 Å². The third kappa shape index (κ3) is 3.43. The van der Waals surface area contributed by atoms with Gasteiger partial charge in [0.1, 0.15) is 5.82 Å². The Morgan fingerprint density at radius 2 is 1.87 bits per heavy atom. The average Bonchev–Trinajstić information content (AvgIpc) is 2.90. The van der Waals surface area contributed by atoms with Crippen LogP contribution in [0, 0.1) is 6.92 Å². The fourth-order valence-electron chi connectivity index (χ4n) is 2.48. The van der Waals surface area contributed by atoms with Crippen LogP contribution in [0.15, 0.2) is 36.4 Å². The van der Waals surface area contributed by atoms with E-state index in [1.165, 1.54) is 5.56 Å². The van der Waals surface area contributed by atoms with Crippen molar-refractivity contribution in [3.8, 4) is 0 Å². The van der Waals surface area contributed by atoms with Gasteiger partial charge in [0.05, 0.1) is 6.04 Å². The van der Waals surface area contributed by atoms with Crippen molar-refractivity contribution in [1.82, 2.24) is 24.7 Å². The van der Waals surface area contributed by atoms with Gasteiger partial charge in [-0.3, -0.25) is 0 Å². The summed E-state index contributed by atoms with van der Waals surface area (Å²) in [6.45, 7) is 2.61. The summed E-state index contributed by atoms with van der Waals surface area (Å²) in [5.41, 5.74) is 1.95. The Hall–Kier alpha value is -2.18. The highest BCUT2D eigenvalue weighted by Gasteiger charge is 2.14. The second-order valence-corrected chi connectivity index (χ2v) is 6.08. The van der Waals surface area contributed by atoms with Gasteiger partial charge in [0.2, 0.25) is 0 Å². The lowest BCUT2D eigenvalue weighted by Gasteiger charge is -2.25. The van der Waals surface area contributed by atoms with Crippen LogP contribution in [0.25, 0.3) is 5.65 Å². The third-order valence-electron chi connectivity index (χ3n) is 3.77. The molecule has 1 N–H and O–H groups in total. The lowest BCUT2D eigenvalue weighted by molar-refractivity contribution is 0.311. The molecule has 0 spiro atoms. The number of hydrogen-bond acceptors (Lipinski definition) is 5. The van der Waals surface area contributed by atoms with Crippen molar-refractivity contribution in [3.05, 3.63) is 52.8 Å². The molecule has 0 saturated heterocycles. The fraction of sp³-hybridized carbons (Fsp3) is 0.312. The summed E-state index contributed by atoms with van der Waals surface area (Å²) in [5, 5.41) is 16.7. The summed E-state index contributed by atoms with van der Waals surface area (Å²) in [6.07, 6.45) is 0. The number of halogens is 1. The molecule has 0 aliphatic carbocycles. The van der Waals surface area contributed by atoms with E-state index in [2.05, 4.69) is 51.7 Å². The van der Waals surface area contributed by atoms with Crippen LogP contribution < -0.4 is 5.32 Å². The Labute approximate surface area is 140 Å². The van der Waals surface area contributed by atoms with Crippen LogP contribution in [0.3, 0.4) is 0 Å². The van der Waals surface area contributed by atoms with Crippen molar-refractivity contribution in [2.45, 2.75) is 13.0 Å². The van der Waals surface area contributed by atoms with E-state index in [-0.39, 0.29) is 6.04 Å². The van der Waals surface area contributed by atoms with Gasteiger partial charge in [-0.1, -0.05) is 23.7 Å². The number of hydrogen-bond donors (Lipinski definition) is 1. The molecule has 0 aliphatic heterocycles. The Bertz CT molecular complexity index is 796. The molecule has 0 aliphatic rings. The number of rotatable bonds is 5. The number of anilines is 1. The first-order valence-corrected chi connectivity index (χ1v) is 7.77. The van der Waals surface area contributed by atoms with Crippen molar-refractivity contribution in [2.75, 3.05) is 26.0 Å². The molecule has 2 heterocycles. The highest BCUT2D eigenvalue weighted by Crippen LogP contribution is 2.21. The predicted molar refractivity (Wildman–Crippen MR) is 91.9 cm³/mol. The number of aryl methyl sites for hydroxylation is 1. The van der Waals surface area contributed by atoms with Crippen LogP contribution in [0.5, 0.6) is 0 Å². The second-order valence-electron chi connectivity index (χ2n) is 5.65. The minimum absolute atomic E-state index is 0.215. The first-order valence-electron chi connectivity index (χ1n) is 7.39. The van der Waals surface area contributed by atoms with Crippen LogP contribution in [0.4, 0.5) is 5.82 Å². The van der Waals surface area contributed by atoms with Gasteiger partial charge < -0.3 is 10.2 Å². The summed E-state index contributed by atoms with van der Waals surface area (Å²) in [4.78, 5) is 2.17. The Balaban J connectivity index is 1.77. The predicted octanol–water partition coefficient (Wildman–Crippen LogP) is 2.80. The van der Waals surface area contributed by atoms with Crippen molar-refractivity contribution in [1.29, 1.82) is 0 Å². The maximum atomic E-state index is 5.97. The van der Waals surface area contributed by atoms with Crippen LogP contribution in [-0.2, 0) is 0 Å². The van der Waals surface area contributed by atoms with Gasteiger partial charge in [0.25, 0.3) is 0 Å². The molecule has 2 aromatic heterocycles. The minimum Gasteiger partial charge on any atom is -0.367 e. The maximum absolute atomic E-state index is 5.97. The van der Waals surface area contributed by atoms with E-state index < -0.39 is 0 Å². The largest absolute Gasteiger partial charge is 0.367 e. The molecule has 120 valence electrons. The highest BCUT2D eigenvalue weighted by molar-refractivity contribution is 6.30. The standard InChI is InChI=1S/C16H19ClN6/c1-11-19-20-16-9-8-15(21-23(11)16)18-10-14(22(2)3)12-4-6-13(17)7-5-12/h4-9,14H,10H2,1-3H3,(H,18,21)/t14-/m1/s1. The molecule has 23 heavy (non-hydrogen) atoms. The number of aromatic nitrogens is 4. The van der Waals surface area contributed by atoms with E-state index in [0.717, 1.165) is 28.9 Å². The van der Waals surface area contributed by atoms with Gasteiger partial charge in [-0.25, -0.2) is 0 Å². The Morgan fingerprint density at radius 1 is 1.13 bits per heavy atom. The van der Waals surface area contributed by atoms with Crippen LogP contribution in [-0.4, -0.2) is 45.4 Å². The molecule has 0 bridgehead atoms. The topological polar surface area (TPSA) is 58.4 Å². The Morgan fingerprint density at radius 3 is 2.57 bits per heavy atom. The molecule has 3 aromatic rings. The number of likely N-dealkylation sites (N-methyl/N-ethyl adjacent to an activating group) is 1. The molecule has 0 saturated carbocycles. The zero-order valence-electron chi connectivity index (χ0n) is 13.4. The quantitative estimate of drug-likeness (QED) is 0.779. The van der Waals surface area contributed by atoms with Gasteiger partial charge in [-0.05, 0) is 50.8 Å². The molecule has 0 unspecified atom stereocenters. The van der Waals surface area contributed by atoms with E-state index in [1.807, 2.05) is 31.2 Å². The number of nitrogens with one attached hydrogen (secondary N) is 1. The zero-order chi connectivity index (χ0) is 16.4. The first-order chi connectivity index (χ1) is 11.0. The van der Waals surface area contributed by atoms with E-state index in [4.69, 9.17) is 11.6 Å². The van der Waals surface area contributed by atoms with Gasteiger partial charge in [-0.15, -0.1) is 15.3 Å². The second kappa shape index (κ2) is 6.52. The third-order valence-corrected chi connectivity index (χ3v) is 4.03. The van der Waals surface area contributed by atoms with Gasteiger partial charge >= 0.3 is 0 Å². The molecule has 7 heteroatoms. The normalized spacial score (nSPS) is 12.7. The van der Waals surface area contributed by atoms with Crippen LogP contribution in [0.2, 0.25) is 5.02 Å². The minimum atomic E-state index is 0.215. The number of fused-ring (bicyclic) bond motifs is 1. The fourth-order valence-corrected chi connectivity index (χ4v) is 2.60. The van der Waals surface area contributed by atoms with Crippen molar-refractivity contribution in [2.24, 2.45) is 0 Å². The summed E-state index contributed by atoms with van der Waals surface area (Å²) >= 11 is 5.97. The SMILES string of the molecule is Cc1nnc2ccc(NC[C@H](c3ccc(Cl)cc3)N(C)C)nn12. The summed E-state index contributed by atoms with van der Waals surface area (Å²) in [6, 6.07) is 12.0. The monoisotopic (exact) mass is 330 g/mol. The van der Waals surface area contributed by atoms with Crippen LogP contribution >= 0.6 is 11.6 Å². The molecule has 0 amide bonds. The van der Waals surface area contributed by atoms with E-state index >= 15 is 0 Å². The number of nitrogens with zero attached hydrogens (tertiary/aromatic N) is 5. The molecule has 0 radical (unpaired) electrons. The van der Waals surface area contributed by atoms with Gasteiger partial charge in [0.15, 0.2) is 11.5 Å². The molecule has 0 fully saturated rings. The lowest BCUT2D eigenvalue weighted by Crippen LogP contribution is -2.27. The Kier molecular flexibility index (Phi) is 4.45. The van der Waals surface area contributed by atoms with Gasteiger partial charge in [-0.2, -0.15) is 4.52 Å². The van der Waals surface area contributed by atoms with Crippen LogP contribution in [0.1, 0.15) is 17.4 Å².